The molecule has 0 spiro atoms. The van der Waals surface area contributed by atoms with Crippen LogP contribution in [0, 0.1) is 5.92 Å². The fourth-order valence-corrected chi connectivity index (χ4v) is 2.49. The molecule has 4 N–H and O–H groups in total. The Balaban J connectivity index is 2.87. The van der Waals surface area contributed by atoms with Crippen molar-refractivity contribution in [3.05, 3.63) is 23.8 Å². The van der Waals surface area contributed by atoms with E-state index in [-0.39, 0.29) is 29.4 Å². The SMILES string of the molecule is CCOC(=O)C(C)C[C@H](Cc1ccc(O)c(N)c1)NC(=O)OC(C)(C)C. The van der Waals surface area contributed by atoms with E-state index in [0.29, 0.717) is 19.4 Å². The molecule has 1 aromatic rings. The predicted molar refractivity (Wildman–Crippen MR) is 99.8 cm³/mol. The maximum atomic E-state index is 12.1. The van der Waals surface area contributed by atoms with E-state index in [0.717, 1.165) is 5.56 Å². The van der Waals surface area contributed by atoms with Gasteiger partial charge in [-0.15, -0.1) is 0 Å². The minimum atomic E-state index is -0.621. The standard InChI is InChI=1S/C19H30N2O5/c1-6-25-17(23)12(2)9-14(21-18(24)26-19(3,4)5)10-13-7-8-16(22)15(20)11-13/h7-8,11-12,14,22H,6,9-10,20H2,1-5H3,(H,21,24)/t12?,14-/m1/s1. The third kappa shape index (κ3) is 7.63. The largest absolute Gasteiger partial charge is 0.506 e. The summed E-state index contributed by atoms with van der Waals surface area (Å²) in [6.07, 6.45) is 0.275. The van der Waals surface area contributed by atoms with Crippen molar-refractivity contribution in [1.82, 2.24) is 5.32 Å². The average Bonchev–Trinajstić information content (AvgIpc) is 2.49. The summed E-state index contributed by atoms with van der Waals surface area (Å²) in [6.45, 7) is 9.16. The maximum absolute atomic E-state index is 12.1. The fraction of sp³-hybridized carbons (Fsp3) is 0.579. The lowest BCUT2D eigenvalue weighted by atomic mass is 9.96. The highest BCUT2D eigenvalue weighted by molar-refractivity contribution is 5.72. The molecule has 7 nitrogen and oxygen atoms in total. The Hall–Kier alpha value is -2.44. The van der Waals surface area contributed by atoms with Crippen molar-refractivity contribution >= 4 is 17.7 Å². The van der Waals surface area contributed by atoms with Crippen LogP contribution in [0.15, 0.2) is 18.2 Å². The summed E-state index contributed by atoms with van der Waals surface area (Å²) in [5.41, 5.74) is 6.21. The van der Waals surface area contributed by atoms with E-state index in [1.165, 1.54) is 6.07 Å². The highest BCUT2D eigenvalue weighted by atomic mass is 16.6. The van der Waals surface area contributed by atoms with Crippen LogP contribution in [-0.4, -0.2) is 35.4 Å². The van der Waals surface area contributed by atoms with Crippen molar-refractivity contribution in [3.8, 4) is 5.75 Å². The van der Waals surface area contributed by atoms with Gasteiger partial charge >= 0.3 is 12.1 Å². The normalized spacial score (nSPS) is 13.6. The van der Waals surface area contributed by atoms with Gasteiger partial charge in [-0.05, 0) is 58.2 Å². The number of carbonyl (C=O) groups is 2. The summed E-state index contributed by atoms with van der Waals surface area (Å²) in [4.78, 5) is 24.1. The maximum Gasteiger partial charge on any atom is 0.407 e. The van der Waals surface area contributed by atoms with Crippen molar-refractivity contribution < 1.29 is 24.2 Å². The number of amides is 1. The third-order valence-corrected chi connectivity index (χ3v) is 3.62. The molecule has 0 aliphatic carbocycles. The van der Waals surface area contributed by atoms with Gasteiger partial charge < -0.3 is 25.6 Å². The lowest BCUT2D eigenvalue weighted by molar-refractivity contribution is -0.147. The molecule has 146 valence electrons. The number of esters is 1. The van der Waals surface area contributed by atoms with E-state index in [1.807, 2.05) is 0 Å². The van der Waals surface area contributed by atoms with Gasteiger partial charge in [-0.3, -0.25) is 4.79 Å². The molecule has 0 heterocycles. The van der Waals surface area contributed by atoms with Crippen LogP contribution in [0.4, 0.5) is 10.5 Å². The molecular formula is C19H30N2O5. The second kappa shape index (κ2) is 9.31. The number of aromatic hydroxyl groups is 1. The predicted octanol–water partition coefficient (Wildman–Crippen LogP) is 3.00. The molecule has 0 saturated heterocycles. The number of hydrogen-bond donors (Lipinski definition) is 3. The van der Waals surface area contributed by atoms with Crippen molar-refractivity contribution in [1.29, 1.82) is 0 Å². The van der Waals surface area contributed by atoms with E-state index in [2.05, 4.69) is 5.32 Å². The second-order valence-electron chi connectivity index (χ2n) is 7.33. The lowest BCUT2D eigenvalue weighted by Crippen LogP contribution is -2.41. The van der Waals surface area contributed by atoms with E-state index in [4.69, 9.17) is 15.2 Å². The van der Waals surface area contributed by atoms with Crippen LogP contribution in [0.3, 0.4) is 0 Å². The highest BCUT2D eigenvalue weighted by Gasteiger charge is 2.24. The first-order valence-electron chi connectivity index (χ1n) is 8.75. The molecule has 26 heavy (non-hydrogen) atoms. The number of benzene rings is 1. The zero-order valence-electron chi connectivity index (χ0n) is 16.2. The molecular weight excluding hydrogens is 336 g/mol. The Morgan fingerprint density at radius 3 is 2.50 bits per heavy atom. The number of ether oxygens (including phenoxy) is 2. The van der Waals surface area contributed by atoms with Crippen LogP contribution < -0.4 is 11.1 Å². The molecule has 2 atom stereocenters. The Bertz CT molecular complexity index is 625. The van der Waals surface area contributed by atoms with Gasteiger partial charge in [0.1, 0.15) is 11.4 Å². The van der Waals surface area contributed by atoms with Crippen molar-refractivity contribution in [2.24, 2.45) is 5.92 Å². The van der Waals surface area contributed by atoms with E-state index < -0.39 is 11.7 Å². The molecule has 1 unspecified atom stereocenters. The van der Waals surface area contributed by atoms with Gasteiger partial charge in [0.05, 0.1) is 18.2 Å². The van der Waals surface area contributed by atoms with Gasteiger partial charge in [0.15, 0.2) is 0 Å². The van der Waals surface area contributed by atoms with Crippen molar-refractivity contribution in [2.45, 2.75) is 59.1 Å². The number of alkyl carbamates (subject to hydrolysis) is 1. The Morgan fingerprint density at radius 2 is 1.96 bits per heavy atom. The van der Waals surface area contributed by atoms with Crippen LogP contribution in [-0.2, 0) is 20.7 Å². The van der Waals surface area contributed by atoms with Gasteiger partial charge in [-0.25, -0.2) is 4.79 Å². The number of nitrogens with two attached hydrogens (primary N) is 1. The molecule has 0 saturated carbocycles. The van der Waals surface area contributed by atoms with Gasteiger partial charge in [0.2, 0.25) is 0 Å². The number of nitrogen functional groups attached to an aromatic ring is 1. The molecule has 1 aromatic carbocycles. The summed E-state index contributed by atoms with van der Waals surface area (Å²) < 4.78 is 10.3. The smallest absolute Gasteiger partial charge is 0.407 e. The molecule has 0 fully saturated rings. The van der Waals surface area contributed by atoms with Gasteiger partial charge in [-0.1, -0.05) is 13.0 Å². The zero-order chi connectivity index (χ0) is 19.9. The Kier molecular flexibility index (Phi) is 7.74. The molecule has 1 rings (SSSR count). The van der Waals surface area contributed by atoms with Gasteiger partial charge in [0, 0.05) is 6.04 Å². The summed E-state index contributed by atoms with van der Waals surface area (Å²) >= 11 is 0. The average molecular weight is 366 g/mol. The van der Waals surface area contributed by atoms with Crippen molar-refractivity contribution in [2.75, 3.05) is 12.3 Å². The number of nitrogens with one attached hydrogen (secondary N) is 1. The molecule has 0 bridgehead atoms. The number of phenols is 1. The summed E-state index contributed by atoms with van der Waals surface area (Å²) in [5.74, 6) is -0.691. The lowest BCUT2D eigenvalue weighted by Gasteiger charge is -2.25. The summed E-state index contributed by atoms with van der Waals surface area (Å²) in [5, 5.41) is 12.4. The zero-order valence-corrected chi connectivity index (χ0v) is 16.2. The summed E-state index contributed by atoms with van der Waals surface area (Å²) in [7, 11) is 0. The first kappa shape index (κ1) is 21.6. The molecule has 7 heteroatoms. The number of phenolic OH excluding ortho intramolecular Hbond substituents is 1. The minimum Gasteiger partial charge on any atom is -0.506 e. The van der Waals surface area contributed by atoms with Crippen LogP contribution in [0.2, 0.25) is 0 Å². The van der Waals surface area contributed by atoms with E-state index >= 15 is 0 Å². The van der Waals surface area contributed by atoms with Gasteiger partial charge in [-0.2, -0.15) is 0 Å². The van der Waals surface area contributed by atoms with E-state index in [9.17, 15) is 14.7 Å². The number of hydrogen-bond acceptors (Lipinski definition) is 6. The van der Waals surface area contributed by atoms with Crippen LogP contribution in [0.25, 0.3) is 0 Å². The Labute approximate surface area is 154 Å². The molecule has 0 aliphatic heterocycles. The van der Waals surface area contributed by atoms with Crippen LogP contribution in [0.5, 0.6) is 5.75 Å². The monoisotopic (exact) mass is 366 g/mol. The van der Waals surface area contributed by atoms with E-state index in [1.54, 1.807) is 46.8 Å². The molecule has 0 radical (unpaired) electrons. The Morgan fingerprint density at radius 1 is 1.31 bits per heavy atom. The number of rotatable bonds is 7. The fourth-order valence-electron chi connectivity index (χ4n) is 2.49. The molecule has 1 amide bonds. The van der Waals surface area contributed by atoms with Crippen molar-refractivity contribution in [3.63, 3.8) is 0 Å². The molecule has 0 aromatic heterocycles. The van der Waals surface area contributed by atoms with Crippen LogP contribution in [0.1, 0.15) is 46.6 Å². The molecule has 0 aliphatic rings. The first-order valence-corrected chi connectivity index (χ1v) is 8.75. The topological polar surface area (TPSA) is 111 Å². The summed E-state index contributed by atoms with van der Waals surface area (Å²) in [6, 6.07) is 4.52. The third-order valence-electron chi connectivity index (χ3n) is 3.62. The quantitative estimate of drug-likeness (QED) is 0.389. The van der Waals surface area contributed by atoms with Crippen LogP contribution >= 0.6 is 0 Å². The minimum absolute atomic E-state index is 0.00490. The van der Waals surface area contributed by atoms with Gasteiger partial charge in [0.25, 0.3) is 0 Å². The number of anilines is 1. The highest BCUT2D eigenvalue weighted by Crippen LogP contribution is 2.22. The number of carbonyl (C=O) groups excluding carboxylic acids is 2. The first-order chi connectivity index (χ1) is 12.0. The second-order valence-corrected chi connectivity index (χ2v) is 7.33.